The van der Waals surface area contributed by atoms with Gasteiger partial charge in [-0.15, -0.1) is 0 Å². The number of fused-ring (bicyclic) bond motifs is 1. The maximum Gasteiger partial charge on any atom is 0.246 e. The zero-order chi connectivity index (χ0) is 58.6. The quantitative estimate of drug-likeness (QED) is 0.104. The molecule has 3 aromatic rings. The van der Waals surface area contributed by atoms with E-state index in [1.54, 1.807) is 30.1 Å². The number of hydrogen-bond acceptors (Lipinski definition) is 13. The van der Waals surface area contributed by atoms with Crippen molar-refractivity contribution in [3.8, 4) is 0 Å². The van der Waals surface area contributed by atoms with Gasteiger partial charge in [-0.2, -0.15) is 0 Å². The van der Waals surface area contributed by atoms with Gasteiger partial charge in [0.2, 0.25) is 29.5 Å². The summed E-state index contributed by atoms with van der Waals surface area (Å²) in [5, 5.41) is 15.8. The van der Waals surface area contributed by atoms with Crippen LogP contribution in [0.5, 0.6) is 0 Å². The SMILES string of the molecule is CN[C@@H](C)C(=O)N[C@H](C(=O)N1CC(NC(=O)CCN(C)C[C@H]2CN(c3cc(N4CCC5(CC4)CN(c4cc(F)c(CN6CCC(C)(C)CC6)cc4F)CC(=O)N5)ncn3)C[C@H]2C)C[C@H]1C(=O)N[C@H]1CCCc2ccccc21)C1CCCCC1. The highest BCUT2D eigenvalue weighted by Gasteiger charge is 2.46. The van der Waals surface area contributed by atoms with E-state index in [9.17, 15) is 24.0 Å². The molecule has 5 aliphatic heterocycles. The Morgan fingerprint density at radius 3 is 2.34 bits per heavy atom. The molecule has 83 heavy (non-hydrogen) atoms. The molecule has 0 bridgehead atoms. The first kappa shape index (κ1) is 60.1. The van der Waals surface area contributed by atoms with Gasteiger partial charge in [-0.25, -0.2) is 18.7 Å². The number of nitrogens with one attached hydrogen (secondary N) is 5. The number of rotatable bonds is 18. The first-order valence-corrected chi connectivity index (χ1v) is 31.1. The van der Waals surface area contributed by atoms with E-state index >= 15 is 8.78 Å². The molecule has 1 unspecified atom stereocenters. The van der Waals surface area contributed by atoms with Gasteiger partial charge < -0.3 is 51.1 Å². The van der Waals surface area contributed by atoms with E-state index in [2.05, 4.69) is 84.1 Å². The summed E-state index contributed by atoms with van der Waals surface area (Å²) in [6.07, 6.45) is 12.8. The molecule has 2 aliphatic carbocycles. The predicted molar refractivity (Wildman–Crippen MR) is 318 cm³/mol. The van der Waals surface area contributed by atoms with Gasteiger partial charge >= 0.3 is 0 Å². The number of likely N-dealkylation sites (N-methyl/N-ethyl adjacent to an activating group) is 1. The second kappa shape index (κ2) is 26.1. The fourth-order valence-electron chi connectivity index (χ4n) is 14.4. The summed E-state index contributed by atoms with van der Waals surface area (Å²) in [6, 6.07) is 10.1. The Morgan fingerprint density at radius 1 is 0.855 bits per heavy atom. The van der Waals surface area contributed by atoms with Crippen LogP contribution >= 0.6 is 0 Å². The molecule has 5 amide bonds. The van der Waals surface area contributed by atoms with Crippen molar-refractivity contribution in [1.82, 2.24) is 51.3 Å². The van der Waals surface area contributed by atoms with E-state index in [4.69, 9.17) is 4.98 Å². The summed E-state index contributed by atoms with van der Waals surface area (Å²) in [6.45, 7) is 15.2. The summed E-state index contributed by atoms with van der Waals surface area (Å²) in [4.78, 5) is 91.4. The van der Waals surface area contributed by atoms with Gasteiger partial charge in [0.05, 0.1) is 29.9 Å². The van der Waals surface area contributed by atoms with Crippen molar-refractivity contribution in [3.05, 3.63) is 77.1 Å². The Bertz CT molecular complexity index is 2800. The van der Waals surface area contributed by atoms with Crippen LogP contribution in [0.25, 0.3) is 0 Å². The fraction of sp³-hybridized carbons (Fsp3) is 0.667. The normalized spacial score (nSPS) is 25.5. The van der Waals surface area contributed by atoms with Crippen LogP contribution in [0.3, 0.4) is 0 Å². The average Bonchev–Trinajstić information content (AvgIpc) is 4.19. The molecule has 5 saturated heterocycles. The van der Waals surface area contributed by atoms with Crippen LogP contribution in [-0.2, 0) is 36.9 Å². The second-order valence-electron chi connectivity index (χ2n) is 26.4. The van der Waals surface area contributed by atoms with E-state index in [1.165, 1.54) is 17.7 Å². The van der Waals surface area contributed by atoms with Gasteiger partial charge in [0.25, 0.3) is 0 Å². The van der Waals surface area contributed by atoms with Crippen molar-refractivity contribution in [2.45, 2.75) is 160 Å². The number of nitrogens with zero attached hydrogens (tertiary/aromatic N) is 8. The molecular formula is C63H91F2N13O5. The van der Waals surface area contributed by atoms with Crippen molar-refractivity contribution in [2.24, 2.45) is 23.2 Å². The molecular weight excluding hydrogens is 1060 g/mol. The summed E-state index contributed by atoms with van der Waals surface area (Å²) >= 11 is 0. The zero-order valence-corrected chi connectivity index (χ0v) is 50.0. The van der Waals surface area contributed by atoms with Gasteiger partial charge in [0.15, 0.2) is 0 Å². The maximum atomic E-state index is 15.9. The Kier molecular flexibility index (Phi) is 18.9. The summed E-state index contributed by atoms with van der Waals surface area (Å²) in [7, 11) is 3.76. The highest BCUT2D eigenvalue weighted by molar-refractivity contribution is 5.94. The lowest BCUT2D eigenvalue weighted by Crippen LogP contribution is -2.66. The molecule has 5 N–H and O–H groups in total. The molecule has 20 heteroatoms. The first-order chi connectivity index (χ1) is 39.8. The lowest BCUT2D eigenvalue weighted by molar-refractivity contribution is -0.143. The standard InChI is InChI=1S/C63H91F2N13O5/c1-41-33-76(55-32-54(67-40-68-55)75-27-22-63(23-28-75)39-77(38-57(80)72-63)52-31-49(64)45(29-50(52)65)35-74-25-20-62(3,4)21-26-74)36-46(41)34-73(6)24-19-56(79)69-47-30-53(60(82)70-51-18-12-16-43-13-10-11-17-48(43)51)78(37-47)61(83)58(44-14-8-7-9-15-44)71-59(81)42(2)66-5/h10-11,13,17,29,31-32,40-42,44,46-47,51,53,58,66H,7-9,12,14-16,18-28,30,33-39H2,1-6H3,(H,69,79)(H,70,82)(H,71,81)(H,72,80)/t41-,42+,46+,47?,51+,53+,58+/m1/s1. The zero-order valence-electron chi connectivity index (χ0n) is 50.0. The Hall–Kier alpha value is -5.99. The third-order valence-corrected chi connectivity index (χ3v) is 19.8. The van der Waals surface area contributed by atoms with Crippen molar-refractivity contribution < 1.29 is 32.8 Å². The van der Waals surface area contributed by atoms with Crippen molar-refractivity contribution in [3.63, 3.8) is 0 Å². The average molecular weight is 1150 g/mol. The summed E-state index contributed by atoms with van der Waals surface area (Å²) in [5.74, 6) is 0.205. The van der Waals surface area contributed by atoms with Crippen LogP contribution in [0.15, 0.2) is 48.8 Å². The summed E-state index contributed by atoms with van der Waals surface area (Å²) in [5.41, 5.74) is 2.46. The number of piperazine rings is 1. The predicted octanol–water partition coefficient (Wildman–Crippen LogP) is 5.70. The third kappa shape index (κ3) is 14.4. The molecule has 10 rings (SSSR count). The number of piperidine rings is 2. The molecule has 2 aromatic carbocycles. The second-order valence-corrected chi connectivity index (χ2v) is 26.4. The van der Waals surface area contributed by atoms with Gasteiger partial charge in [0, 0.05) is 89.1 Å². The number of aryl methyl sites for hydroxylation is 1. The molecule has 6 heterocycles. The monoisotopic (exact) mass is 1150 g/mol. The molecule has 1 spiro atoms. The van der Waals surface area contributed by atoms with Crippen LogP contribution in [0.1, 0.15) is 134 Å². The Morgan fingerprint density at radius 2 is 1.59 bits per heavy atom. The van der Waals surface area contributed by atoms with Gasteiger partial charge in [-0.1, -0.05) is 64.3 Å². The smallest absolute Gasteiger partial charge is 0.246 e. The van der Waals surface area contributed by atoms with E-state index in [-0.39, 0.29) is 78.5 Å². The Labute approximate surface area is 490 Å². The van der Waals surface area contributed by atoms with Crippen LogP contribution in [0.4, 0.5) is 26.1 Å². The number of benzene rings is 2. The van der Waals surface area contributed by atoms with Gasteiger partial charge in [0.1, 0.15) is 41.7 Å². The van der Waals surface area contributed by atoms with E-state index in [1.807, 2.05) is 25.2 Å². The van der Waals surface area contributed by atoms with Crippen molar-refractivity contribution in [1.29, 1.82) is 0 Å². The first-order valence-electron chi connectivity index (χ1n) is 31.1. The minimum absolute atomic E-state index is 0.0376. The van der Waals surface area contributed by atoms with Gasteiger partial charge in [-0.05, 0) is 139 Å². The van der Waals surface area contributed by atoms with Gasteiger partial charge in [-0.3, -0.25) is 28.9 Å². The maximum absolute atomic E-state index is 15.9. The van der Waals surface area contributed by atoms with Crippen molar-refractivity contribution in [2.75, 3.05) is 101 Å². The molecule has 7 aliphatic rings. The van der Waals surface area contributed by atoms with Crippen LogP contribution in [0.2, 0.25) is 0 Å². The molecule has 7 atom stereocenters. The molecule has 1 aromatic heterocycles. The lowest BCUT2D eigenvalue weighted by atomic mass is 9.82. The molecule has 18 nitrogen and oxygen atoms in total. The van der Waals surface area contributed by atoms with E-state index < -0.39 is 41.3 Å². The highest BCUT2D eigenvalue weighted by Crippen LogP contribution is 2.37. The molecule has 452 valence electrons. The topological polar surface area (TPSA) is 191 Å². The van der Waals surface area contributed by atoms with E-state index in [0.29, 0.717) is 63.0 Å². The number of aromatic nitrogens is 2. The lowest BCUT2D eigenvalue weighted by Gasteiger charge is -2.48. The number of amides is 5. The number of anilines is 3. The number of hydrogen-bond donors (Lipinski definition) is 5. The number of likely N-dealkylation sites (tertiary alicyclic amines) is 2. The number of carbonyl (C=O) groups excluding carboxylic acids is 5. The number of halogens is 2. The molecule has 0 radical (unpaired) electrons. The third-order valence-electron chi connectivity index (χ3n) is 19.8. The minimum Gasteiger partial charge on any atom is -0.357 e. The fourth-order valence-corrected chi connectivity index (χ4v) is 14.4. The molecule has 1 saturated carbocycles. The van der Waals surface area contributed by atoms with Crippen LogP contribution in [-0.4, -0.2) is 170 Å². The van der Waals surface area contributed by atoms with E-state index in [0.717, 1.165) is 114 Å². The summed E-state index contributed by atoms with van der Waals surface area (Å²) < 4.78 is 31.5. The van der Waals surface area contributed by atoms with Crippen LogP contribution < -0.4 is 41.3 Å². The highest BCUT2D eigenvalue weighted by atomic mass is 19.1. The van der Waals surface area contributed by atoms with Crippen LogP contribution in [0, 0.1) is 34.8 Å². The largest absolute Gasteiger partial charge is 0.357 e. The number of carbonyl (C=O) groups is 5. The Balaban J connectivity index is 0.717. The molecule has 6 fully saturated rings. The van der Waals surface area contributed by atoms with Crippen molar-refractivity contribution >= 4 is 46.9 Å². The minimum atomic E-state index is -0.809.